The first-order valence-corrected chi connectivity index (χ1v) is 7.98. The predicted octanol–water partition coefficient (Wildman–Crippen LogP) is 4.60. The van der Waals surface area contributed by atoms with Crippen LogP contribution in [0.3, 0.4) is 0 Å². The standard InChI is InChI=1S/C15H17Br2N3/c1-10(2)20(9-11-3-5-13(18)6-4-11)15-14(17)7-12(16)8-19-15/h3-8,10H,9,18H2,1-2H3. The van der Waals surface area contributed by atoms with Gasteiger partial charge in [-0.05, 0) is 69.5 Å². The smallest absolute Gasteiger partial charge is 0.143 e. The SMILES string of the molecule is CC(C)N(Cc1ccc(N)cc1)c1ncc(Br)cc1Br. The summed E-state index contributed by atoms with van der Waals surface area (Å²) in [5.74, 6) is 0.944. The van der Waals surface area contributed by atoms with E-state index in [0.717, 1.165) is 27.0 Å². The molecule has 5 heteroatoms. The molecule has 3 nitrogen and oxygen atoms in total. The lowest BCUT2D eigenvalue weighted by molar-refractivity contribution is 0.671. The third-order valence-corrected chi connectivity index (χ3v) is 4.03. The lowest BCUT2D eigenvalue weighted by Crippen LogP contribution is -2.31. The van der Waals surface area contributed by atoms with E-state index in [4.69, 9.17) is 5.73 Å². The van der Waals surface area contributed by atoms with E-state index < -0.39 is 0 Å². The van der Waals surface area contributed by atoms with Gasteiger partial charge in [-0.2, -0.15) is 0 Å². The van der Waals surface area contributed by atoms with Crippen LogP contribution in [-0.2, 0) is 6.54 Å². The van der Waals surface area contributed by atoms with Gasteiger partial charge in [0.25, 0.3) is 0 Å². The normalized spacial score (nSPS) is 10.8. The molecule has 0 amide bonds. The second-order valence-electron chi connectivity index (χ2n) is 4.92. The zero-order chi connectivity index (χ0) is 14.7. The van der Waals surface area contributed by atoms with Gasteiger partial charge >= 0.3 is 0 Å². The molecule has 0 saturated carbocycles. The highest BCUT2D eigenvalue weighted by Crippen LogP contribution is 2.29. The maximum Gasteiger partial charge on any atom is 0.143 e. The number of nitrogen functional groups attached to an aromatic ring is 1. The Labute approximate surface area is 136 Å². The van der Waals surface area contributed by atoms with E-state index in [2.05, 4.69) is 67.7 Å². The van der Waals surface area contributed by atoms with Crippen LogP contribution in [0.2, 0.25) is 0 Å². The molecule has 0 saturated heterocycles. The summed E-state index contributed by atoms with van der Waals surface area (Å²) < 4.78 is 1.94. The number of nitrogens with two attached hydrogens (primary N) is 1. The third-order valence-electron chi connectivity index (χ3n) is 3.02. The van der Waals surface area contributed by atoms with Gasteiger partial charge in [0.1, 0.15) is 5.82 Å². The molecule has 1 aromatic heterocycles. The van der Waals surface area contributed by atoms with E-state index >= 15 is 0 Å². The van der Waals surface area contributed by atoms with E-state index in [9.17, 15) is 0 Å². The third kappa shape index (κ3) is 3.73. The molecule has 1 aromatic carbocycles. The Morgan fingerprint density at radius 3 is 2.40 bits per heavy atom. The van der Waals surface area contributed by atoms with Gasteiger partial charge in [-0.1, -0.05) is 12.1 Å². The summed E-state index contributed by atoms with van der Waals surface area (Å²) in [7, 11) is 0. The van der Waals surface area contributed by atoms with Crippen LogP contribution >= 0.6 is 31.9 Å². The largest absolute Gasteiger partial charge is 0.399 e. The van der Waals surface area contributed by atoms with Crippen molar-refractivity contribution in [2.75, 3.05) is 10.6 Å². The Kier molecular flexibility index (Phi) is 5.05. The molecule has 106 valence electrons. The maximum absolute atomic E-state index is 5.73. The fourth-order valence-electron chi connectivity index (χ4n) is 1.94. The summed E-state index contributed by atoms with van der Waals surface area (Å²) in [6.45, 7) is 5.12. The molecule has 2 N–H and O–H groups in total. The number of rotatable bonds is 4. The highest BCUT2D eigenvalue weighted by atomic mass is 79.9. The highest BCUT2D eigenvalue weighted by Gasteiger charge is 2.15. The summed E-state index contributed by atoms with van der Waals surface area (Å²) in [6.07, 6.45) is 1.82. The van der Waals surface area contributed by atoms with E-state index in [-0.39, 0.29) is 0 Å². The molecule has 2 aromatic rings. The van der Waals surface area contributed by atoms with Crippen LogP contribution in [0.15, 0.2) is 45.5 Å². The first-order valence-electron chi connectivity index (χ1n) is 6.39. The van der Waals surface area contributed by atoms with Gasteiger partial charge in [-0.25, -0.2) is 4.98 Å². The van der Waals surface area contributed by atoms with Gasteiger partial charge < -0.3 is 10.6 Å². The number of benzene rings is 1. The van der Waals surface area contributed by atoms with Crippen LogP contribution in [0, 0.1) is 0 Å². The number of hydrogen-bond acceptors (Lipinski definition) is 3. The molecule has 0 fully saturated rings. The lowest BCUT2D eigenvalue weighted by Gasteiger charge is -2.29. The molecule has 0 bridgehead atoms. The van der Waals surface area contributed by atoms with Gasteiger partial charge in [0.15, 0.2) is 0 Å². The molecular formula is C15H17Br2N3. The predicted molar refractivity (Wildman–Crippen MR) is 91.8 cm³/mol. The van der Waals surface area contributed by atoms with Crippen molar-refractivity contribution in [2.24, 2.45) is 0 Å². The number of halogens is 2. The molecule has 0 aliphatic rings. The first-order chi connectivity index (χ1) is 9.47. The van der Waals surface area contributed by atoms with Crippen molar-refractivity contribution in [2.45, 2.75) is 26.4 Å². The Morgan fingerprint density at radius 2 is 1.85 bits per heavy atom. The van der Waals surface area contributed by atoms with Gasteiger partial charge in [0.2, 0.25) is 0 Å². The summed E-state index contributed by atoms with van der Waals surface area (Å²) in [6, 6.07) is 10.3. The minimum Gasteiger partial charge on any atom is -0.399 e. The van der Waals surface area contributed by atoms with Crippen LogP contribution < -0.4 is 10.6 Å². The Morgan fingerprint density at radius 1 is 1.20 bits per heavy atom. The van der Waals surface area contributed by atoms with Gasteiger partial charge in [0.05, 0.1) is 4.47 Å². The Balaban J connectivity index is 2.29. The number of nitrogens with zero attached hydrogens (tertiary/aromatic N) is 2. The van der Waals surface area contributed by atoms with E-state index in [0.29, 0.717) is 6.04 Å². The summed E-state index contributed by atoms with van der Waals surface area (Å²) >= 11 is 7.02. The molecule has 1 heterocycles. The highest BCUT2D eigenvalue weighted by molar-refractivity contribution is 9.11. The number of anilines is 2. The van der Waals surface area contributed by atoms with E-state index in [1.54, 1.807) is 0 Å². The second kappa shape index (κ2) is 6.59. The topological polar surface area (TPSA) is 42.1 Å². The number of aromatic nitrogens is 1. The summed E-state index contributed by atoms with van der Waals surface area (Å²) in [5, 5.41) is 0. The number of hydrogen-bond donors (Lipinski definition) is 1. The minimum absolute atomic E-state index is 0.345. The number of pyridine rings is 1. The van der Waals surface area contributed by atoms with Crippen molar-refractivity contribution in [1.29, 1.82) is 0 Å². The molecule has 0 unspecified atom stereocenters. The fraction of sp³-hybridized carbons (Fsp3) is 0.267. The van der Waals surface area contributed by atoms with Crippen LogP contribution in [-0.4, -0.2) is 11.0 Å². The molecular weight excluding hydrogens is 382 g/mol. The average Bonchev–Trinajstić information content (AvgIpc) is 2.39. The quantitative estimate of drug-likeness (QED) is 0.765. The van der Waals surface area contributed by atoms with Crippen LogP contribution in [0.4, 0.5) is 11.5 Å². The maximum atomic E-state index is 5.73. The molecule has 0 aliphatic carbocycles. The van der Waals surface area contributed by atoms with E-state index in [1.165, 1.54) is 5.56 Å². The minimum atomic E-state index is 0.345. The zero-order valence-electron chi connectivity index (χ0n) is 11.5. The molecule has 20 heavy (non-hydrogen) atoms. The first kappa shape index (κ1) is 15.3. The van der Waals surface area contributed by atoms with Gasteiger partial charge in [-0.3, -0.25) is 0 Å². The van der Waals surface area contributed by atoms with Crippen molar-refractivity contribution in [3.63, 3.8) is 0 Å². The van der Waals surface area contributed by atoms with Crippen molar-refractivity contribution < 1.29 is 0 Å². The van der Waals surface area contributed by atoms with Crippen molar-refractivity contribution in [3.05, 3.63) is 51.0 Å². The van der Waals surface area contributed by atoms with Crippen molar-refractivity contribution >= 4 is 43.4 Å². The Bertz CT molecular complexity index is 582. The van der Waals surface area contributed by atoms with Crippen LogP contribution in [0.5, 0.6) is 0 Å². The molecule has 2 rings (SSSR count). The molecule has 0 spiro atoms. The fourth-order valence-corrected chi connectivity index (χ4v) is 3.16. The van der Waals surface area contributed by atoms with Crippen LogP contribution in [0.25, 0.3) is 0 Å². The summed E-state index contributed by atoms with van der Waals surface area (Å²) in [4.78, 5) is 6.77. The van der Waals surface area contributed by atoms with E-state index in [1.807, 2.05) is 24.4 Å². The van der Waals surface area contributed by atoms with Crippen molar-refractivity contribution in [1.82, 2.24) is 4.98 Å². The monoisotopic (exact) mass is 397 g/mol. The molecule has 0 aliphatic heterocycles. The Hall–Kier alpha value is -1.07. The summed E-state index contributed by atoms with van der Waals surface area (Å²) in [5.41, 5.74) is 7.73. The lowest BCUT2D eigenvalue weighted by atomic mass is 10.1. The van der Waals surface area contributed by atoms with Gasteiger partial charge in [0, 0.05) is 28.9 Å². The van der Waals surface area contributed by atoms with Gasteiger partial charge in [-0.15, -0.1) is 0 Å². The second-order valence-corrected chi connectivity index (χ2v) is 6.69. The van der Waals surface area contributed by atoms with Crippen molar-refractivity contribution in [3.8, 4) is 0 Å². The average molecular weight is 399 g/mol. The molecule has 0 radical (unpaired) electrons. The van der Waals surface area contributed by atoms with Crippen LogP contribution in [0.1, 0.15) is 19.4 Å². The molecule has 0 atom stereocenters. The zero-order valence-corrected chi connectivity index (χ0v) is 14.6.